The molecule has 4 nitrogen and oxygen atoms in total. The second kappa shape index (κ2) is 9.93. The van der Waals surface area contributed by atoms with Crippen LogP contribution >= 0.6 is 11.6 Å². The molecule has 0 bridgehead atoms. The molecule has 0 saturated heterocycles. The lowest BCUT2D eigenvalue weighted by Gasteiger charge is -2.33. The molecule has 1 atom stereocenters. The van der Waals surface area contributed by atoms with E-state index in [0.717, 1.165) is 16.7 Å². The lowest BCUT2D eigenvalue weighted by atomic mass is 10.0. The molecule has 0 saturated carbocycles. The van der Waals surface area contributed by atoms with E-state index in [1.54, 1.807) is 17.0 Å². The zero-order valence-corrected chi connectivity index (χ0v) is 18.7. The molecule has 0 aliphatic rings. The average molecular weight is 415 g/mol. The summed E-state index contributed by atoms with van der Waals surface area (Å²) >= 11 is 6.08. The van der Waals surface area contributed by atoms with Crippen molar-refractivity contribution in [2.75, 3.05) is 0 Å². The second-order valence-corrected chi connectivity index (χ2v) is 8.91. The standard InChI is InChI=1S/C24H31ClN2O2/c1-6-21(23(29)26-24(3,4)5)27(16-18-12-10-17(2)11-13-18)22(28)15-19-8-7-9-20(25)14-19/h7-14,21H,6,15-16H2,1-5H3,(H,26,29). The zero-order valence-electron chi connectivity index (χ0n) is 18.0. The van der Waals surface area contributed by atoms with Crippen molar-refractivity contribution in [1.82, 2.24) is 10.2 Å². The Morgan fingerprint density at radius 2 is 1.72 bits per heavy atom. The van der Waals surface area contributed by atoms with E-state index < -0.39 is 6.04 Å². The number of rotatable bonds is 7. The number of amides is 2. The quantitative estimate of drug-likeness (QED) is 0.699. The van der Waals surface area contributed by atoms with Crippen molar-refractivity contribution in [3.05, 3.63) is 70.2 Å². The highest BCUT2D eigenvalue weighted by molar-refractivity contribution is 6.30. The third-order valence-corrected chi connectivity index (χ3v) is 4.84. The largest absolute Gasteiger partial charge is 0.350 e. The van der Waals surface area contributed by atoms with E-state index in [9.17, 15) is 9.59 Å². The molecule has 0 aliphatic heterocycles. The van der Waals surface area contributed by atoms with Gasteiger partial charge < -0.3 is 10.2 Å². The number of aryl methyl sites for hydroxylation is 1. The smallest absolute Gasteiger partial charge is 0.243 e. The molecule has 0 aliphatic carbocycles. The Bertz CT molecular complexity index is 841. The van der Waals surface area contributed by atoms with E-state index >= 15 is 0 Å². The molecule has 1 N–H and O–H groups in total. The molecule has 29 heavy (non-hydrogen) atoms. The second-order valence-electron chi connectivity index (χ2n) is 8.48. The number of hydrogen-bond acceptors (Lipinski definition) is 2. The molecule has 2 rings (SSSR count). The van der Waals surface area contributed by atoms with Crippen molar-refractivity contribution in [1.29, 1.82) is 0 Å². The van der Waals surface area contributed by atoms with E-state index in [-0.39, 0.29) is 23.8 Å². The monoisotopic (exact) mass is 414 g/mol. The van der Waals surface area contributed by atoms with E-state index in [4.69, 9.17) is 11.6 Å². The summed E-state index contributed by atoms with van der Waals surface area (Å²) < 4.78 is 0. The number of nitrogens with zero attached hydrogens (tertiary/aromatic N) is 1. The summed E-state index contributed by atoms with van der Waals surface area (Å²) in [6.45, 7) is 10.2. The maximum Gasteiger partial charge on any atom is 0.243 e. The zero-order chi connectivity index (χ0) is 21.6. The van der Waals surface area contributed by atoms with Gasteiger partial charge in [-0.1, -0.05) is 60.5 Å². The van der Waals surface area contributed by atoms with Gasteiger partial charge in [0.15, 0.2) is 0 Å². The predicted molar refractivity (Wildman–Crippen MR) is 119 cm³/mol. The van der Waals surface area contributed by atoms with Crippen LogP contribution in [0, 0.1) is 6.92 Å². The molecule has 0 fully saturated rings. The van der Waals surface area contributed by atoms with Gasteiger partial charge in [0, 0.05) is 17.1 Å². The van der Waals surface area contributed by atoms with Crippen molar-refractivity contribution in [3.63, 3.8) is 0 Å². The van der Waals surface area contributed by atoms with Crippen LogP contribution in [-0.2, 0) is 22.6 Å². The molecule has 2 aromatic rings. The van der Waals surface area contributed by atoms with Crippen LogP contribution < -0.4 is 5.32 Å². The Labute approximate surface area is 179 Å². The SMILES string of the molecule is CCC(C(=O)NC(C)(C)C)N(Cc1ccc(C)cc1)C(=O)Cc1cccc(Cl)c1. The summed E-state index contributed by atoms with van der Waals surface area (Å²) in [5.41, 5.74) is 2.62. The summed E-state index contributed by atoms with van der Waals surface area (Å²) in [4.78, 5) is 27.9. The highest BCUT2D eigenvalue weighted by Crippen LogP contribution is 2.18. The van der Waals surface area contributed by atoms with E-state index in [2.05, 4.69) is 5.32 Å². The van der Waals surface area contributed by atoms with E-state index in [0.29, 0.717) is 18.0 Å². The molecule has 2 aromatic carbocycles. The molecule has 1 unspecified atom stereocenters. The van der Waals surface area contributed by atoms with Crippen molar-refractivity contribution >= 4 is 23.4 Å². The first-order valence-electron chi connectivity index (χ1n) is 10.0. The van der Waals surface area contributed by atoms with Crippen molar-refractivity contribution in [2.45, 2.75) is 65.6 Å². The maximum absolute atomic E-state index is 13.3. The molecule has 0 heterocycles. The van der Waals surface area contributed by atoms with Gasteiger partial charge in [-0.15, -0.1) is 0 Å². The van der Waals surface area contributed by atoms with Crippen molar-refractivity contribution < 1.29 is 9.59 Å². The highest BCUT2D eigenvalue weighted by Gasteiger charge is 2.30. The Balaban J connectivity index is 2.30. The van der Waals surface area contributed by atoms with Gasteiger partial charge in [0.2, 0.25) is 11.8 Å². The number of benzene rings is 2. The summed E-state index contributed by atoms with van der Waals surface area (Å²) in [5, 5.41) is 3.61. The van der Waals surface area contributed by atoms with E-state index in [1.165, 1.54) is 0 Å². The van der Waals surface area contributed by atoms with Gasteiger partial charge in [-0.3, -0.25) is 9.59 Å². The van der Waals surface area contributed by atoms with Crippen LogP contribution in [0.1, 0.15) is 50.8 Å². The number of halogens is 1. The minimum Gasteiger partial charge on any atom is -0.350 e. The summed E-state index contributed by atoms with van der Waals surface area (Å²) in [7, 11) is 0. The van der Waals surface area contributed by atoms with Gasteiger partial charge >= 0.3 is 0 Å². The third kappa shape index (κ3) is 7.21. The fourth-order valence-electron chi connectivity index (χ4n) is 3.19. The minimum absolute atomic E-state index is 0.0937. The fourth-order valence-corrected chi connectivity index (χ4v) is 3.40. The number of nitrogens with one attached hydrogen (secondary N) is 1. The maximum atomic E-state index is 13.3. The Kier molecular flexibility index (Phi) is 7.86. The van der Waals surface area contributed by atoms with Gasteiger partial charge in [0.25, 0.3) is 0 Å². The summed E-state index contributed by atoms with van der Waals surface area (Å²) in [6, 6.07) is 14.8. The van der Waals surface area contributed by atoms with E-state index in [1.807, 2.05) is 71.0 Å². The van der Waals surface area contributed by atoms with Gasteiger partial charge in [0.1, 0.15) is 6.04 Å². The number of carbonyl (C=O) groups excluding carboxylic acids is 2. The average Bonchev–Trinajstić information content (AvgIpc) is 2.61. The molecular weight excluding hydrogens is 384 g/mol. The van der Waals surface area contributed by atoms with Gasteiger partial charge in [0.05, 0.1) is 6.42 Å². The van der Waals surface area contributed by atoms with Crippen LogP contribution in [0.25, 0.3) is 0 Å². The Morgan fingerprint density at radius 3 is 2.28 bits per heavy atom. The van der Waals surface area contributed by atoms with Gasteiger partial charge in [-0.2, -0.15) is 0 Å². The summed E-state index contributed by atoms with van der Waals surface area (Å²) in [5.74, 6) is -0.227. The molecule has 156 valence electrons. The Hall–Kier alpha value is -2.33. The van der Waals surface area contributed by atoms with Crippen molar-refractivity contribution in [3.8, 4) is 0 Å². The topological polar surface area (TPSA) is 49.4 Å². The van der Waals surface area contributed by atoms with Gasteiger partial charge in [-0.05, 0) is 57.4 Å². The van der Waals surface area contributed by atoms with Crippen LogP contribution in [0.5, 0.6) is 0 Å². The molecule has 0 aromatic heterocycles. The lowest BCUT2D eigenvalue weighted by molar-refractivity contribution is -0.141. The minimum atomic E-state index is -0.540. The molecule has 5 heteroatoms. The molecule has 2 amide bonds. The highest BCUT2D eigenvalue weighted by atomic mass is 35.5. The first-order chi connectivity index (χ1) is 13.6. The first kappa shape index (κ1) is 23.0. The van der Waals surface area contributed by atoms with Crippen LogP contribution in [0.15, 0.2) is 48.5 Å². The van der Waals surface area contributed by atoms with Crippen LogP contribution in [-0.4, -0.2) is 28.3 Å². The van der Waals surface area contributed by atoms with Gasteiger partial charge in [-0.25, -0.2) is 0 Å². The molecule has 0 radical (unpaired) electrons. The summed E-state index contributed by atoms with van der Waals surface area (Å²) in [6.07, 6.45) is 0.737. The predicted octanol–water partition coefficient (Wildman–Crippen LogP) is 4.91. The van der Waals surface area contributed by atoms with Crippen LogP contribution in [0.3, 0.4) is 0 Å². The van der Waals surface area contributed by atoms with Crippen molar-refractivity contribution in [2.24, 2.45) is 0 Å². The normalized spacial score (nSPS) is 12.3. The number of carbonyl (C=O) groups is 2. The van der Waals surface area contributed by atoms with Crippen LogP contribution in [0.2, 0.25) is 5.02 Å². The Morgan fingerprint density at radius 1 is 1.07 bits per heavy atom. The van der Waals surface area contributed by atoms with Crippen LogP contribution in [0.4, 0.5) is 0 Å². The molecular formula is C24H31ClN2O2. The number of hydrogen-bond donors (Lipinski definition) is 1. The lowest BCUT2D eigenvalue weighted by Crippen LogP contribution is -2.53. The molecule has 0 spiro atoms. The third-order valence-electron chi connectivity index (χ3n) is 4.60. The first-order valence-corrected chi connectivity index (χ1v) is 10.4. The fraction of sp³-hybridized carbons (Fsp3) is 0.417.